The topological polar surface area (TPSA) is 94.0 Å². The first-order valence-corrected chi connectivity index (χ1v) is 6.62. The van der Waals surface area contributed by atoms with Gasteiger partial charge in [0.1, 0.15) is 11.6 Å². The lowest BCUT2D eigenvalue weighted by atomic mass is 10.2. The lowest BCUT2D eigenvalue weighted by Crippen LogP contribution is -2.20. The van der Waals surface area contributed by atoms with Crippen molar-refractivity contribution in [2.45, 2.75) is 6.42 Å². The summed E-state index contributed by atoms with van der Waals surface area (Å²) in [5.74, 6) is -0.515. The van der Waals surface area contributed by atoms with Gasteiger partial charge in [0, 0.05) is 30.0 Å². The maximum Gasteiger partial charge on any atom is 0.267 e. The van der Waals surface area contributed by atoms with Crippen LogP contribution in [0.4, 0.5) is 5.69 Å². The molecule has 2 amide bonds. The number of hydrogen-bond donors (Lipinski definition) is 3. The fourth-order valence-electron chi connectivity index (χ4n) is 1.44. The van der Waals surface area contributed by atoms with Crippen LogP contribution in [-0.4, -0.2) is 25.4 Å². The number of carbonyl (C=O) groups excluding carboxylic acids is 2. The van der Waals surface area contributed by atoms with E-state index in [0.29, 0.717) is 36.6 Å². The molecule has 0 saturated heterocycles. The number of hydrogen-bond acceptors (Lipinski definition) is 4. The smallest absolute Gasteiger partial charge is 0.267 e. The van der Waals surface area contributed by atoms with Crippen molar-refractivity contribution in [1.29, 1.82) is 5.26 Å². The summed E-state index contributed by atoms with van der Waals surface area (Å²) in [6, 6.07) is 8.48. The third kappa shape index (κ3) is 6.45. The number of halogens is 1. The van der Waals surface area contributed by atoms with Crippen LogP contribution in [-0.2, 0) is 9.59 Å². The molecular formula is C14H15ClN4O2. The van der Waals surface area contributed by atoms with Crippen molar-refractivity contribution in [2.24, 2.45) is 0 Å². The molecule has 6 nitrogen and oxygen atoms in total. The highest BCUT2D eigenvalue weighted by molar-refractivity contribution is 6.31. The Morgan fingerprint density at radius 1 is 1.33 bits per heavy atom. The molecule has 0 bridgehead atoms. The predicted molar refractivity (Wildman–Crippen MR) is 80.5 cm³/mol. The van der Waals surface area contributed by atoms with Crippen molar-refractivity contribution < 1.29 is 9.59 Å². The molecule has 7 heteroatoms. The molecule has 1 aromatic rings. The van der Waals surface area contributed by atoms with E-state index in [1.807, 2.05) is 6.07 Å². The zero-order valence-corrected chi connectivity index (χ0v) is 12.0. The molecule has 0 aliphatic rings. The first-order valence-electron chi connectivity index (χ1n) is 6.25. The molecule has 3 N–H and O–H groups in total. The van der Waals surface area contributed by atoms with E-state index in [1.165, 1.54) is 6.20 Å². The number of benzene rings is 1. The van der Waals surface area contributed by atoms with Gasteiger partial charge in [-0.15, -0.1) is 0 Å². The monoisotopic (exact) mass is 306 g/mol. The van der Waals surface area contributed by atoms with Crippen molar-refractivity contribution >= 4 is 29.6 Å². The van der Waals surface area contributed by atoms with Gasteiger partial charge >= 0.3 is 0 Å². The predicted octanol–water partition coefficient (Wildman–Crippen LogP) is 1.41. The molecule has 0 saturated carbocycles. The van der Waals surface area contributed by atoms with Gasteiger partial charge < -0.3 is 16.0 Å². The molecule has 1 rings (SSSR count). The molecule has 0 aliphatic carbocycles. The largest absolute Gasteiger partial charge is 0.390 e. The molecule has 0 unspecified atom stereocenters. The van der Waals surface area contributed by atoms with E-state index in [2.05, 4.69) is 16.0 Å². The average Bonchev–Trinajstić information content (AvgIpc) is 2.46. The third-order valence-corrected chi connectivity index (χ3v) is 2.65. The molecule has 21 heavy (non-hydrogen) atoms. The number of anilines is 1. The van der Waals surface area contributed by atoms with Crippen molar-refractivity contribution in [2.75, 3.05) is 18.4 Å². The fourth-order valence-corrected chi connectivity index (χ4v) is 1.63. The molecular weight excluding hydrogens is 292 g/mol. The second-order valence-corrected chi connectivity index (χ2v) is 4.45. The summed E-state index contributed by atoms with van der Waals surface area (Å²) in [6.07, 6.45) is 2.65. The minimum absolute atomic E-state index is 0.0432. The number of amides is 2. The Bertz CT molecular complexity index is 566. The maximum absolute atomic E-state index is 11.9. The van der Waals surface area contributed by atoms with Gasteiger partial charge in [-0.1, -0.05) is 17.7 Å². The summed E-state index contributed by atoms with van der Waals surface area (Å²) in [6.45, 7) is 1.07. The van der Waals surface area contributed by atoms with Gasteiger partial charge in [0.25, 0.3) is 5.91 Å². The van der Waals surface area contributed by atoms with Crippen LogP contribution >= 0.6 is 11.6 Å². The van der Waals surface area contributed by atoms with Crippen LogP contribution in [0.25, 0.3) is 0 Å². The number of nitrogens with one attached hydrogen (secondary N) is 3. The number of rotatable bonds is 8. The van der Waals surface area contributed by atoms with Gasteiger partial charge in [-0.05, 0) is 24.6 Å². The highest BCUT2D eigenvalue weighted by Gasteiger charge is 2.09. The average molecular weight is 307 g/mol. The molecule has 0 fully saturated rings. The van der Waals surface area contributed by atoms with Crippen molar-refractivity contribution in [3.63, 3.8) is 0 Å². The van der Waals surface area contributed by atoms with Gasteiger partial charge in [-0.2, -0.15) is 5.26 Å². The summed E-state index contributed by atoms with van der Waals surface area (Å²) in [5.41, 5.74) is 0.474. The van der Waals surface area contributed by atoms with Crippen LogP contribution in [0.5, 0.6) is 0 Å². The van der Waals surface area contributed by atoms with E-state index in [9.17, 15) is 9.59 Å². The summed E-state index contributed by atoms with van der Waals surface area (Å²) < 4.78 is 0. The second kappa shape index (κ2) is 9.39. The molecule has 0 aliphatic heterocycles. The van der Waals surface area contributed by atoms with Crippen LogP contribution in [0, 0.1) is 11.3 Å². The summed E-state index contributed by atoms with van der Waals surface area (Å²) in [7, 11) is 0. The third-order valence-electron chi connectivity index (χ3n) is 2.42. The standard InChI is InChI=1S/C14H15ClN4O2/c15-12-3-1-4-13(7-12)19-14(21)11(8-16)9-17-5-2-6-18-10-20/h1,3-4,7,9-10,17H,2,5-6H2,(H,18,20)(H,19,21)/b11-9-. The van der Waals surface area contributed by atoms with Crippen molar-refractivity contribution in [3.8, 4) is 6.07 Å². The van der Waals surface area contributed by atoms with Crippen LogP contribution in [0.15, 0.2) is 36.0 Å². The Morgan fingerprint density at radius 2 is 2.10 bits per heavy atom. The van der Waals surface area contributed by atoms with Gasteiger partial charge in [0.05, 0.1) is 0 Å². The zero-order valence-electron chi connectivity index (χ0n) is 11.2. The fraction of sp³-hybridized carbons (Fsp3) is 0.214. The first-order chi connectivity index (χ1) is 10.2. The number of nitriles is 1. The quantitative estimate of drug-likeness (QED) is 0.293. The van der Waals surface area contributed by atoms with E-state index in [1.54, 1.807) is 24.3 Å². The highest BCUT2D eigenvalue weighted by Crippen LogP contribution is 2.15. The highest BCUT2D eigenvalue weighted by atomic mass is 35.5. The first kappa shape index (κ1) is 16.5. The van der Waals surface area contributed by atoms with Crippen LogP contribution < -0.4 is 16.0 Å². The van der Waals surface area contributed by atoms with Crippen LogP contribution in [0.1, 0.15) is 6.42 Å². The van der Waals surface area contributed by atoms with Gasteiger partial charge in [0.15, 0.2) is 0 Å². The molecule has 0 heterocycles. The minimum Gasteiger partial charge on any atom is -0.390 e. The Kier molecular flexibility index (Phi) is 7.40. The van der Waals surface area contributed by atoms with Crippen LogP contribution in [0.2, 0.25) is 5.02 Å². The van der Waals surface area contributed by atoms with E-state index in [0.717, 1.165) is 0 Å². The van der Waals surface area contributed by atoms with E-state index in [-0.39, 0.29) is 5.57 Å². The normalized spacial score (nSPS) is 10.4. The molecule has 1 aromatic carbocycles. The van der Waals surface area contributed by atoms with E-state index < -0.39 is 5.91 Å². The molecule has 110 valence electrons. The van der Waals surface area contributed by atoms with Crippen molar-refractivity contribution in [3.05, 3.63) is 41.1 Å². The second-order valence-electron chi connectivity index (χ2n) is 4.01. The van der Waals surface area contributed by atoms with Crippen LogP contribution in [0.3, 0.4) is 0 Å². The Balaban J connectivity index is 2.49. The van der Waals surface area contributed by atoms with Gasteiger partial charge in [0.2, 0.25) is 6.41 Å². The summed E-state index contributed by atoms with van der Waals surface area (Å²) in [4.78, 5) is 21.9. The lowest BCUT2D eigenvalue weighted by Gasteiger charge is -2.05. The number of nitrogens with zero attached hydrogens (tertiary/aromatic N) is 1. The Morgan fingerprint density at radius 3 is 2.76 bits per heavy atom. The molecule has 0 spiro atoms. The maximum atomic E-state index is 11.9. The Hall–Kier alpha value is -2.52. The Labute approximate surface area is 127 Å². The zero-order chi connectivity index (χ0) is 15.5. The lowest BCUT2D eigenvalue weighted by molar-refractivity contribution is -0.112. The summed E-state index contributed by atoms with van der Waals surface area (Å²) in [5, 5.41) is 17.4. The van der Waals surface area contributed by atoms with E-state index in [4.69, 9.17) is 16.9 Å². The number of carbonyl (C=O) groups is 2. The van der Waals surface area contributed by atoms with Crippen molar-refractivity contribution in [1.82, 2.24) is 10.6 Å². The van der Waals surface area contributed by atoms with E-state index >= 15 is 0 Å². The molecule has 0 aromatic heterocycles. The van der Waals surface area contributed by atoms with Gasteiger partial charge in [-0.25, -0.2) is 0 Å². The molecule has 0 radical (unpaired) electrons. The molecule has 0 atom stereocenters. The summed E-state index contributed by atoms with van der Waals surface area (Å²) >= 11 is 5.81. The van der Waals surface area contributed by atoms with Gasteiger partial charge in [-0.3, -0.25) is 9.59 Å². The minimum atomic E-state index is -0.515. The SMILES string of the molecule is N#C/C(=C/NCCCNC=O)C(=O)Nc1cccc(Cl)c1.